The van der Waals surface area contributed by atoms with Crippen molar-refractivity contribution in [1.29, 1.82) is 0 Å². The number of amides is 2. The molecule has 1 rings (SSSR count). The fourth-order valence-electron chi connectivity index (χ4n) is 1.32. The molecule has 0 aromatic rings. The number of rotatable bonds is 3. The first-order valence-electron chi connectivity index (χ1n) is 4.92. The average molecular weight is 202 g/mol. The summed E-state index contributed by atoms with van der Waals surface area (Å²) in [5, 5.41) is 2.73. The number of hydrogen-bond donors (Lipinski definition) is 1. The Kier molecular flexibility index (Phi) is 4.69. The van der Waals surface area contributed by atoms with Gasteiger partial charge in [-0.25, -0.2) is 4.79 Å². The van der Waals surface area contributed by atoms with Gasteiger partial charge in [-0.2, -0.15) is 0 Å². The van der Waals surface area contributed by atoms with Crippen molar-refractivity contribution in [3.8, 4) is 0 Å². The summed E-state index contributed by atoms with van der Waals surface area (Å²) in [4.78, 5) is 12.9. The first-order chi connectivity index (χ1) is 6.74. The third-order valence-corrected chi connectivity index (χ3v) is 2.04. The lowest BCUT2D eigenvalue weighted by Gasteiger charge is -2.27. The number of nitrogens with one attached hydrogen (secondary N) is 1. The van der Waals surface area contributed by atoms with Crippen LogP contribution in [-0.2, 0) is 9.47 Å². The largest absolute Gasteiger partial charge is 0.376 e. The molecule has 0 aromatic carbocycles. The number of hydrogen-bond acceptors (Lipinski definition) is 3. The number of likely N-dealkylation sites (N-methyl/N-ethyl adjacent to an activating group) is 1. The van der Waals surface area contributed by atoms with Gasteiger partial charge in [-0.15, -0.1) is 0 Å². The van der Waals surface area contributed by atoms with Crippen LogP contribution in [-0.4, -0.2) is 57.0 Å². The molecule has 1 N–H and O–H groups in total. The van der Waals surface area contributed by atoms with Crippen molar-refractivity contribution < 1.29 is 14.3 Å². The molecule has 14 heavy (non-hydrogen) atoms. The zero-order chi connectivity index (χ0) is 10.4. The van der Waals surface area contributed by atoms with Crippen LogP contribution in [0.5, 0.6) is 0 Å². The number of urea groups is 1. The summed E-state index contributed by atoms with van der Waals surface area (Å²) < 4.78 is 10.7. The second-order valence-corrected chi connectivity index (χ2v) is 3.28. The molecule has 0 aromatic heterocycles. The summed E-state index contributed by atoms with van der Waals surface area (Å²) in [6, 6.07) is -0.0679. The molecule has 0 spiro atoms. The SMILES string of the molecule is CCNC(=O)N(C)C[C@H]1COCCO1. The third kappa shape index (κ3) is 3.51. The van der Waals surface area contributed by atoms with Crippen LogP contribution in [0.3, 0.4) is 0 Å². The van der Waals surface area contributed by atoms with E-state index < -0.39 is 0 Å². The second-order valence-electron chi connectivity index (χ2n) is 3.28. The van der Waals surface area contributed by atoms with Crippen molar-refractivity contribution in [3.63, 3.8) is 0 Å². The van der Waals surface area contributed by atoms with Gasteiger partial charge >= 0.3 is 6.03 Å². The maximum Gasteiger partial charge on any atom is 0.317 e. The molecule has 0 radical (unpaired) electrons. The van der Waals surface area contributed by atoms with E-state index in [2.05, 4.69) is 5.32 Å². The van der Waals surface area contributed by atoms with Crippen LogP contribution < -0.4 is 5.32 Å². The minimum absolute atomic E-state index is 0.0105. The van der Waals surface area contributed by atoms with E-state index in [0.29, 0.717) is 32.9 Å². The predicted molar refractivity (Wildman–Crippen MR) is 52.3 cm³/mol. The van der Waals surface area contributed by atoms with Crippen LogP contribution >= 0.6 is 0 Å². The Hall–Kier alpha value is -0.810. The fraction of sp³-hybridized carbons (Fsp3) is 0.889. The van der Waals surface area contributed by atoms with Crippen LogP contribution in [0, 0.1) is 0 Å². The summed E-state index contributed by atoms with van der Waals surface area (Å²) >= 11 is 0. The summed E-state index contributed by atoms with van der Waals surface area (Å²) in [6.07, 6.45) is 0.0105. The quantitative estimate of drug-likeness (QED) is 0.704. The first-order valence-corrected chi connectivity index (χ1v) is 4.92. The van der Waals surface area contributed by atoms with E-state index in [4.69, 9.17) is 9.47 Å². The smallest absolute Gasteiger partial charge is 0.317 e. The van der Waals surface area contributed by atoms with E-state index in [1.54, 1.807) is 11.9 Å². The highest BCUT2D eigenvalue weighted by Crippen LogP contribution is 2.02. The Morgan fingerprint density at radius 2 is 2.36 bits per heavy atom. The van der Waals surface area contributed by atoms with Crippen molar-refractivity contribution in [2.75, 3.05) is 40.0 Å². The Balaban J connectivity index is 2.24. The highest BCUT2D eigenvalue weighted by atomic mass is 16.6. The zero-order valence-electron chi connectivity index (χ0n) is 8.78. The Morgan fingerprint density at radius 1 is 1.57 bits per heavy atom. The first kappa shape index (κ1) is 11.3. The maximum absolute atomic E-state index is 11.3. The van der Waals surface area contributed by atoms with Crippen molar-refractivity contribution in [3.05, 3.63) is 0 Å². The summed E-state index contributed by atoms with van der Waals surface area (Å²) in [5.74, 6) is 0. The number of nitrogens with zero attached hydrogens (tertiary/aromatic N) is 1. The Morgan fingerprint density at radius 3 is 2.93 bits per heavy atom. The van der Waals surface area contributed by atoms with E-state index in [1.165, 1.54) is 0 Å². The van der Waals surface area contributed by atoms with Gasteiger partial charge in [0.05, 0.1) is 32.5 Å². The molecular weight excluding hydrogens is 184 g/mol. The lowest BCUT2D eigenvalue weighted by Crippen LogP contribution is -2.44. The maximum atomic E-state index is 11.3. The molecule has 1 heterocycles. The molecule has 0 aliphatic carbocycles. The summed E-state index contributed by atoms with van der Waals surface area (Å²) in [5.41, 5.74) is 0. The number of carbonyl (C=O) groups excluding carboxylic acids is 1. The molecule has 0 saturated carbocycles. The van der Waals surface area contributed by atoms with Gasteiger partial charge in [0, 0.05) is 13.6 Å². The molecular formula is C9H18N2O3. The van der Waals surface area contributed by atoms with E-state index in [9.17, 15) is 4.79 Å². The third-order valence-electron chi connectivity index (χ3n) is 2.04. The van der Waals surface area contributed by atoms with E-state index >= 15 is 0 Å². The minimum Gasteiger partial charge on any atom is -0.376 e. The van der Waals surface area contributed by atoms with E-state index in [-0.39, 0.29) is 12.1 Å². The van der Waals surface area contributed by atoms with E-state index in [0.717, 1.165) is 0 Å². The number of carbonyl (C=O) groups is 1. The molecule has 1 fully saturated rings. The van der Waals surface area contributed by atoms with Gasteiger partial charge in [0.15, 0.2) is 0 Å². The molecule has 1 aliphatic rings. The van der Waals surface area contributed by atoms with Crippen LogP contribution in [0.4, 0.5) is 4.79 Å². The monoisotopic (exact) mass is 202 g/mol. The van der Waals surface area contributed by atoms with Crippen LogP contribution in [0.2, 0.25) is 0 Å². The number of ether oxygens (including phenoxy) is 2. The van der Waals surface area contributed by atoms with Gasteiger partial charge in [0.2, 0.25) is 0 Å². The molecule has 0 bridgehead atoms. The van der Waals surface area contributed by atoms with Gasteiger partial charge < -0.3 is 19.7 Å². The molecule has 0 unspecified atom stereocenters. The predicted octanol–water partition coefficient (Wildman–Crippen LogP) is 0.0631. The second kappa shape index (κ2) is 5.82. The van der Waals surface area contributed by atoms with Crippen molar-refractivity contribution >= 4 is 6.03 Å². The van der Waals surface area contributed by atoms with Crippen molar-refractivity contribution in [2.24, 2.45) is 0 Å². The molecule has 1 saturated heterocycles. The molecule has 5 heteroatoms. The van der Waals surface area contributed by atoms with Crippen LogP contribution in [0.1, 0.15) is 6.92 Å². The Labute approximate surface area is 84.4 Å². The van der Waals surface area contributed by atoms with E-state index in [1.807, 2.05) is 6.92 Å². The molecule has 1 aliphatic heterocycles. The van der Waals surface area contributed by atoms with Crippen LogP contribution in [0.25, 0.3) is 0 Å². The van der Waals surface area contributed by atoms with Gasteiger partial charge in [0.25, 0.3) is 0 Å². The van der Waals surface area contributed by atoms with Gasteiger partial charge in [-0.3, -0.25) is 0 Å². The average Bonchev–Trinajstić information content (AvgIpc) is 2.19. The lowest BCUT2D eigenvalue weighted by atomic mass is 10.3. The van der Waals surface area contributed by atoms with Crippen molar-refractivity contribution in [2.45, 2.75) is 13.0 Å². The highest BCUT2D eigenvalue weighted by molar-refractivity contribution is 5.73. The van der Waals surface area contributed by atoms with Gasteiger partial charge in [-0.05, 0) is 6.92 Å². The van der Waals surface area contributed by atoms with Crippen LogP contribution in [0.15, 0.2) is 0 Å². The zero-order valence-corrected chi connectivity index (χ0v) is 8.78. The summed E-state index contributed by atoms with van der Waals surface area (Å²) in [6.45, 7) is 4.96. The van der Waals surface area contributed by atoms with Gasteiger partial charge in [0.1, 0.15) is 0 Å². The fourth-order valence-corrected chi connectivity index (χ4v) is 1.32. The minimum atomic E-state index is -0.0679. The Bertz CT molecular complexity index is 181. The molecule has 2 amide bonds. The topological polar surface area (TPSA) is 50.8 Å². The molecule has 1 atom stereocenters. The normalized spacial score (nSPS) is 21.7. The van der Waals surface area contributed by atoms with Crippen molar-refractivity contribution in [1.82, 2.24) is 10.2 Å². The summed E-state index contributed by atoms with van der Waals surface area (Å²) in [7, 11) is 1.75. The molecule has 5 nitrogen and oxygen atoms in total. The standard InChI is InChI=1S/C9H18N2O3/c1-3-10-9(12)11(2)6-8-7-13-4-5-14-8/h8H,3-7H2,1-2H3,(H,10,12)/t8-/m0/s1. The van der Waals surface area contributed by atoms with Gasteiger partial charge in [-0.1, -0.05) is 0 Å². The molecule has 82 valence electrons. The lowest BCUT2D eigenvalue weighted by molar-refractivity contribution is -0.0928. The highest BCUT2D eigenvalue weighted by Gasteiger charge is 2.18.